The first-order valence-electron chi connectivity index (χ1n) is 8.43. The van der Waals surface area contributed by atoms with Crippen molar-refractivity contribution in [1.29, 1.82) is 0 Å². The molecule has 1 amide bonds. The molecule has 20 heavy (non-hydrogen) atoms. The van der Waals surface area contributed by atoms with Gasteiger partial charge in [-0.05, 0) is 49.9 Å². The van der Waals surface area contributed by atoms with E-state index >= 15 is 0 Å². The van der Waals surface area contributed by atoms with Crippen LogP contribution in [0.5, 0.6) is 0 Å². The van der Waals surface area contributed by atoms with E-state index in [0.29, 0.717) is 18.5 Å². The van der Waals surface area contributed by atoms with Gasteiger partial charge in [0.15, 0.2) is 0 Å². The van der Waals surface area contributed by atoms with Gasteiger partial charge >= 0.3 is 0 Å². The summed E-state index contributed by atoms with van der Waals surface area (Å²) in [6, 6.07) is 0.485. The Kier molecular flexibility index (Phi) is 5.48. The molecule has 2 atom stereocenters. The highest BCUT2D eigenvalue weighted by Gasteiger charge is 2.28. The molecule has 0 aromatic heterocycles. The molecule has 2 fully saturated rings. The number of carbonyl (C=O) groups excluding carboxylic acids is 1. The quantitative estimate of drug-likeness (QED) is 0.793. The van der Waals surface area contributed by atoms with Crippen molar-refractivity contribution in [1.82, 2.24) is 9.80 Å². The summed E-state index contributed by atoms with van der Waals surface area (Å²) in [5.41, 5.74) is 0. The van der Waals surface area contributed by atoms with Crippen LogP contribution >= 0.6 is 0 Å². The second kappa shape index (κ2) is 6.93. The van der Waals surface area contributed by atoms with Gasteiger partial charge in [-0.15, -0.1) is 0 Å². The normalized spacial score (nSPS) is 35.8. The zero-order valence-electron chi connectivity index (χ0n) is 13.8. The number of hydrogen-bond donors (Lipinski definition) is 0. The molecular weight excluding hydrogens is 248 g/mol. The highest BCUT2D eigenvalue weighted by Crippen LogP contribution is 2.27. The predicted molar refractivity (Wildman–Crippen MR) is 83.6 cm³/mol. The van der Waals surface area contributed by atoms with E-state index in [1.807, 2.05) is 11.9 Å². The predicted octanol–water partition coefficient (Wildman–Crippen LogP) is 3.00. The Hall–Kier alpha value is -0.570. The van der Waals surface area contributed by atoms with Crippen molar-refractivity contribution in [3.8, 4) is 0 Å². The minimum atomic E-state index is 0.325. The first-order valence-corrected chi connectivity index (χ1v) is 8.43. The zero-order valence-corrected chi connectivity index (χ0v) is 13.8. The molecule has 0 radical (unpaired) electrons. The van der Waals surface area contributed by atoms with Gasteiger partial charge in [-0.2, -0.15) is 0 Å². The molecule has 116 valence electrons. The number of carbonyl (C=O) groups is 1. The first kappa shape index (κ1) is 15.8. The zero-order chi connectivity index (χ0) is 14.7. The molecule has 1 saturated carbocycles. The molecule has 1 aliphatic carbocycles. The molecular formula is C17H32N2O. The number of amides is 1. The van der Waals surface area contributed by atoms with Gasteiger partial charge in [-0.3, -0.25) is 9.69 Å². The third kappa shape index (κ3) is 4.21. The smallest absolute Gasteiger partial charge is 0.236 e. The van der Waals surface area contributed by atoms with Crippen molar-refractivity contribution >= 4 is 5.91 Å². The fraction of sp³-hybridized carbons (Fsp3) is 0.941. The van der Waals surface area contributed by atoms with E-state index in [4.69, 9.17) is 0 Å². The summed E-state index contributed by atoms with van der Waals surface area (Å²) in [6.07, 6.45) is 6.24. The second-order valence-electron chi connectivity index (χ2n) is 7.56. The summed E-state index contributed by atoms with van der Waals surface area (Å²) in [6.45, 7) is 9.74. The van der Waals surface area contributed by atoms with Crippen molar-refractivity contribution in [3.05, 3.63) is 0 Å². The largest absolute Gasteiger partial charge is 0.342 e. The summed E-state index contributed by atoms with van der Waals surface area (Å²) in [4.78, 5) is 16.9. The van der Waals surface area contributed by atoms with Gasteiger partial charge in [0.2, 0.25) is 5.91 Å². The van der Waals surface area contributed by atoms with E-state index in [1.54, 1.807) is 0 Å². The van der Waals surface area contributed by atoms with Gasteiger partial charge in [-0.1, -0.05) is 20.8 Å². The molecule has 3 nitrogen and oxygen atoms in total. The summed E-state index contributed by atoms with van der Waals surface area (Å²) in [5.74, 6) is 2.63. The van der Waals surface area contributed by atoms with Crippen LogP contribution in [0.15, 0.2) is 0 Å². The van der Waals surface area contributed by atoms with Crippen molar-refractivity contribution < 1.29 is 4.79 Å². The van der Waals surface area contributed by atoms with Gasteiger partial charge in [0.25, 0.3) is 0 Å². The summed E-state index contributed by atoms with van der Waals surface area (Å²) < 4.78 is 0. The van der Waals surface area contributed by atoms with Crippen LogP contribution in [-0.4, -0.2) is 48.4 Å². The van der Waals surface area contributed by atoms with E-state index < -0.39 is 0 Å². The summed E-state index contributed by atoms with van der Waals surface area (Å²) >= 11 is 0. The molecule has 0 aromatic rings. The fourth-order valence-electron chi connectivity index (χ4n) is 4.06. The Morgan fingerprint density at radius 3 is 2.10 bits per heavy atom. The lowest BCUT2D eigenvalue weighted by atomic mass is 9.86. The van der Waals surface area contributed by atoms with E-state index in [2.05, 4.69) is 25.7 Å². The number of likely N-dealkylation sites (N-methyl/N-ethyl adjacent to an activating group) is 1. The third-order valence-corrected chi connectivity index (χ3v) is 5.23. The topological polar surface area (TPSA) is 23.6 Å². The summed E-state index contributed by atoms with van der Waals surface area (Å²) in [7, 11) is 2.01. The van der Waals surface area contributed by atoms with Gasteiger partial charge in [-0.25, -0.2) is 0 Å². The first-order chi connectivity index (χ1) is 9.45. The van der Waals surface area contributed by atoms with E-state index in [9.17, 15) is 4.79 Å². The molecule has 0 aromatic carbocycles. The number of rotatable bonds is 3. The molecule has 2 aliphatic rings. The van der Waals surface area contributed by atoms with Crippen molar-refractivity contribution in [3.63, 3.8) is 0 Å². The van der Waals surface area contributed by atoms with Crippen molar-refractivity contribution in [2.45, 2.75) is 58.9 Å². The van der Waals surface area contributed by atoms with Crippen LogP contribution in [0.2, 0.25) is 0 Å². The molecule has 1 heterocycles. The maximum absolute atomic E-state index is 12.5. The lowest BCUT2D eigenvalue weighted by Crippen LogP contribution is -2.48. The van der Waals surface area contributed by atoms with Crippen LogP contribution in [0.25, 0.3) is 0 Å². The highest BCUT2D eigenvalue weighted by atomic mass is 16.2. The van der Waals surface area contributed by atoms with Crippen LogP contribution in [0.1, 0.15) is 52.9 Å². The number of nitrogens with zero attached hydrogens (tertiary/aromatic N) is 2. The second-order valence-corrected chi connectivity index (χ2v) is 7.56. The number of likely N-dealkylation sites (tertiary alicyclic amines) is 1. The Labute approximate surface area is 124 Å². The van der Waals surface area contributed by atoms with Crippen LogP contribution < -0.4 is 0 Å². The van der Waals surface area contributed by atoms with E-state index in [1.165, 1.54) is 32.1 Å². The van der Waals surface area contributed by atoms with E-state index in [-0.39, 0.29) is 0 Å². The maximum atomic E-state index is 12.5. The molecule has 1 aliphatic heterocycles. The number of hydrogen-bond acceptors (Lipinski definition) is 2. The highest BCUT2D eigenvalue weighted by molar-refractivity contribution is 5.78. The maximum Gasteiger partial charge on any atom is 0.236 e. The summed E-state index contributed by atoms with van der Waals surface area (Å²) in [5, 5.41) is 0. The minimum absolute atomic E-state index is 0.325. The molecule has 1 saturated heterocycles. The SMILES string of the molecule is CC1CCC(N(C)C(=O)CN2CC(C)CC(C)C2)CC1. The molecule has 0 bridgehead atoms. The Balaban J connectivity index is 1.81. The molecule has 0 N–H and O–H groups in total. The average molecular weight is 280 g/mol. The molecule has 2 unspecified atom stereocenters. The monoisotopic (exact) mass is 280 g/mol. The van der Waals surface area contributed by atoms with E-state index in [0.717, 1.165) is 30.8 Å². The van der Waals surface area contributed by atoms with Crippen LogP contribution in [0.4, 0.5) is 0 Å². The van der Waals surface area contributed by atoms with Crippen LogP contribution in [0, 0.1) is 17.8 Å². The van der Waals surface area contributed by atoms with Gasteiger partial charge in [0.05, 0.1) is 6.54 Å². The van der Waals surface area contributed by atoms with Crippen molar-refractivity contribution in [2.24, 2.45) is 17.8 Å². The third-order valence-electron chi connectivity index (χ3n) is 5.23. The molecule has 0 spiro atoms. The Morgan fingerprint density at radius 1 is 1.00 bits per heavy atom. The lowest BCUT2D eigenvalue weighted by Gasteiger charge is -2.38. The Morgan fingerprint density at radius 2 is 1.55 bits per heavy atom. The van der Waals surface area contributed by atoms with Crippen LogP contribution in [0.3, 0.4) is 0 Å². The molecule has 2 rings (SSSR count). The minimum Gasteiger partial charge on any atom is -0.342 e. The average Bonchev–Trinajstić information content (AvgIpc) is 2.37. The lowest BCUT2D eigenvalue weighted by molar-refractivity contribution is -0.134. The Bertz CT molecular complexity index is 313. The standard InChI is InChI=1S/C17H32N2O/c1-13-5-7-16(8-6-13)18(4)17(20)12-19-10-14(2)9-15(3)11-19/h13-16H,5-12H2,1-4H3. The number of piperidine rings is 1. The van der Waals surface area contributed by atoms with Gasteiger partial charge in [0, 0.05) is 26.2 Å². The molecule has 3 heteroatoms. The van der Waals surface area contributed by atoms with Gasteiger partial charge < -0.3 is 4.90 Å². The van der Waals surface area contributed by atoms with Crippen molar-refractivity contribution in [2.75, 3.05) is 26.7 Å². The fourth-order valence-corrected chi connectivity index (χ4v) is 4.06. The van der Waals surface area contributed by atoms with Crippen LogP contribution in [-0.2, 0) is 4.79 Å². The van der Waals surface area contributed by atoms with Gasteiger partial charge in [0.1, 0.15) is 0 Å².